The third-order valence-electron chi connectivity index (χ3n) is 3.30. The standard InChI is InChI=1S/C17H12ClFN2O/c1-10-5-7-13-15(20-10)3-2-4-16(13)21-17(22)12-8-6-11(19)9-14(12)18/h2-9H,1H3,(H,21,22). The first-order chi connectivity index (χ1) is 10.5. The van der Waals surface area contributed by atoms with Gasteiger partial charge in [0.05, 0.1) is 21.8 Å². The van der Waals surface area contributed by atoms with E-state index in [4.69, 9.17) is 11.6 Å². The van der Waals surface area contributed by atoms with Gasteiger partial charge in [0.25, 0.3) is 5.91 Å². The monoisotopic (exact) mass is 314 g/mol. The van der Waals surface area contributed by atoms with Gasteiger partial charge in [0, 0.05) is 11.1 Å². The Kier molecular flexibility index (Phi) is 3.77. The molecule has 2 aromatic carbocycles. The minimum absolute atomic E-state index is 0.0757. The fraction of sp³-hybridized carbons (Fsp3) is 0.0588. The molecule has 3 aromatic rings. The van der Waals surface area contributed by atoms with Crippen LogP contribution in [0.2, 0.25) is 5.02 Å². The average Bonchev–Trinajstić information content (AvgIpc) is 2.47. The SMILES string of the molecule is Cc1ccc2c(NC(=O)c3ccc(F)cc3Cl)cccc2n1. The molecular formula is C17H12ClFN2O. The maximum Gasteiger partial charge on any atom is 0.257 e. The van der Waals surface area contributed by atoms with Gasteiger partial charge in [-0.15, -0.1) is 0 Å². The first kappa shape index (κ1) is 14.5. The van der Waals surface area contributed by atoms with E-state index in [-0.39, 0.29) is 10.6 Å². The number of halogens is 2. The summed E-state index contributed by atoms with van der Waals surface area (Å²) in [6.45, 7) is 1.91. The number of nitrogens with zero attached hydrogens (tertiary/aromatic N) is 1. The Morgan fingerprint density at radius 3 is 2.77 bits per heavy atom. The predicted octanol–water partition coefficient (Wildman–Crippen LogP) is 4.59. The van der Waals surface area contributed by atoms with Crippen LogP contribution in [0.15, 0.2) is 48.5 Å². The molecule has 0 radical (unpaired) electrons. The Hall–Kier alpha value is -2.46. The first-order valence-corrected chi connectivity index (χ1v) is 7.05. The molecule has 0 bridgehead atoms. The lowest BCUT2D eigenvalue weighted by molar-refractivity contribution is 0.102. The minimum atomic E-state index is -0.480. The summed E-state index contributed by atoms with van der Waals surface area (Å²) in [4.78, 5) is 16.7. The summed E-state index contributed by atoms with van der Waals surface area (Å²) >= 11 is 5.92. The Bertz CT molecular complexity index is 880. The number of aryl methyl sites for hydroxylation is 1. The highest BCUT2D eigenvalue weighted by Gasteiger charge is 2.13. The summed E-state index contributed by atoms with van der Waals surface area (Å²) in [5.41, 5.74) is 2.55. The van der Waals surface area contributed by atoms with Crippen LogP contribution >= 0.6 is 11.6 Å². The molecule has 110 valence electrons. The molecule has 5 heteroatoms. The molecule has 22 heavy (non-hydrogen) atoms. The second kappa shape index (κ2) is 5.73. The molecule has 0 aliphatic carbocycles. The molecule has 0 unspecified atom stereocenters. The second-order valence-corrected chi connectivity index (χ2v) is 5.31. The van der Waals surface area contributed by atoms with E-state index in [1.807, 2.05) is 31.2 Å². The van der Waals surface area contributed by atoms with Gasteiger partial charge in [-0.2, -0.15) is 0 Å². The Labute approximate surface area is 131 Å². The van der Waals surface area contributed by atoms with Crippen LogP contribution in [-0.2, 0) is 0 Å². The summed E-state index contributed by atoms with van der Waals surface area (Å²) in [6, 6.07) is 12.9. The smallest absolute Gasteiger partial charge is 0.257 e. The van der Waals surface area contributed by atoms with Crippen molar-refractivity contribution in [2.45, 2.75) is 6.92 Å². The fourth-order valence-electron chi connectivity index (χ4n) is 2.23. The largest absolute Gasteiger partial charge is 0.321 e. The van der Waals surface area contributed by atoms with Crippen LogP contribution in [0, 0.1) is 12.7 Å². The lowest BCUT2D eigenvalue weighted by Gasteiger charge is -2.10. The van der Waals surface area contributed by atoms with Crippen LogP contribution in [0.3, 0.4) is 0 Å². The number of hydrogen-bond donors (Lipinski definition) is 1. The van der Waals surface area contributed by atoms with Gasteiger partial charge in [-0.3, -0.25) is 9.78 Å². The number of pyridine rings is 1. The Morgan fingerprint density at radius 1 is 1.18 bits per heavy atom. The highest BCUT2D eigenvalue weighted by Crippen LogP contribution is 2.24. The maximum atomic E-state index is 13.1. The molecule has 0 spiro atoms. The second-order valence-electron chi connectivity index (χ2n) is 4.90. The van der Waals surface area contributed by atoms with Gasteiger partial charge in [0.15, 0.2) is 0 Å². The Balaban J connectivity index is 1.97. The van der Waals surface area contributed by atoms with E-state index in [9.17, 15) is 9.18 Å². The van der Waals surface area contributed by atoms with Crippen molar-refractivity contribution < 1.29 is 9.18 Å². The minimum Gasteiger partial charge on any atom is -0.321 e. The Morgan fingerprint density at radius 2 is 2.00 bits per heavy atom. The number of rotatable bonds is 2. The molecule has 1 heterocycles. The van der Waals surface area contributed by atoms with Crippen LogP contribution in [0.1, 0.15) is 16.1 Å². The number of carbonyl (C=O) groups is 1. The van der Waals surface area contributed by atoms with Crippen LogP contribution in [0.5, 0.6) is 0 Å². The average molecular weight is 315 g/mol. The van der Waals surface area contributed by atoms with Crippen molar-refractivity contribution in [1.82, 2.24) is 4.98 Å². The molecule has 0 fully saturated rings. The van der Waals surface area contributed by atoms with E-state index < -0.39 is 11.7 Å². The number of benzene rings is 2. The number of anilines is 1. The van der Waals surface area contributed by atoms with Crippen molar-refractivity contribution in [3.8, 4) is 0 Å². The van der Waals surface area contributed by atoms with Gasteiger partial charge in [-0.1, -0.05) is 17.7 Å². The van der Waals surface area contributed by atoms with E-state index >= 15 is 0 Å². The van der Waals surface area contributed by atoms with Gasteiger partial charge in [-0.25, -0.2) is 4.39 Å². The van der Waals surface area contributed by atoms with Gasteiger partial charge in [-0.05, 0) is 49.4 Å². The summed E-state index contributed by atoms with van der Waals surface area (Å²) < 4.78 is 13.1. The van der Waals surface area contributed by atoms with Crippen molar-refractivity contribution in [3.05, 3.63) is 70.6 Å². The highest BCUT2D eigenvalue weighted by molar-refractivity contribution is 6.34. The molecule has 1 amide bonds. The quantitative estimate of drug-likeness (QED) is 0.751. The summed E-state index contributed by atoms with van der Waals surface area (Å²) in [7, 11) is 0. The van der Waals surface area contributed by atoms with Gasteiger partial charge < -0.3 is 5.32 Å². The predicted molar refractivity (Wildman–Crippen MR) is 85.8 cm³/mol. The van der Waals surface area contributed by atoms with Gasteiger partial charge in [0.1, 0.15) is 5.82 Å². The molecule has 0 aliphatic rings. The fourth-order valence-corrected chi connectivity index (χ4v) is 2.48. The van der Waals surface area contributed by atoms with Crippen LogP contribution < -0.4 is 5.32 Å². The van der Waals surface area contributed by atoms with E-state index in [1.165, 1.54) is 12.1 Å². The van der Waals surface area contributed by atoms with E-state index in [2.05, 4.69) is 10.3 Å². The van der Waals surface area contributed by atoms with Gasteiger partial charge >= 0.3 is 0 Å². The van der Waals surface area contributed by atoms with Crippen molar-refractivity contribution in [3.63, 3.8) is 0 Å². The summed E-state index contributed by atoms with van der Waals surface area (Å²) in [5.74, 6) is -0.871. The third kappa shape index (κ3) is 2.78. The van der Waals surface area contributed by atoms with Crippen LogP contribution in [0.4, 0.5) is 10.1 Å². The number of amides is 1. The van der Waals surface area contributed by atoms with Crippen LogP contribution in [-0.4, -0.2) is 10.9 Å². The zero-order valence-electron chi connectivity index (χ0n) is 11.7. The highest BCUT2D eigenvalue weighted by atomic mass is 35.5. The molecule has 3 rings (SSSR count). The van der Waals surface area contributed by atoms with E-state index in [1.54, 1.807) is 6.07 Å². The lowest BCUT2D eigenvalue weighted by atomic mass is 10.1. The van der Waals surface area contributed by atoms with Crippen molar-refractivity contribution >= 4 is 34.1 Å². The number of carbonyl (C=O) groups excluding carboxylic acids is 1. The van der Waals surface area contributed by atoms with E-state index in [0.29, 0.717) is 5.69 Å². The molecule has 3 nitrogen and oxygen atoms in total. The third-order valence-corrected chi connectivity index (χ3v) is 3.61. The molecule has 0 atom stereocenters. The summed E-state index contributed by atoms with van der Waals surface area (Å²) in [5, 5.41) is 3.70. The molecule has 1 N–H and O–H groups in total. The lowest BCUT2D eigenvalue weighted by Crippen LogP contribution is -2.13. The first-order valence-electron chi connectivity index (χ1n) is 6.67. The topological polar surface area (TPSA) is 42.0 Å². The van der Waals surface area contributed by atoms with Gasteiger partial charge in [0.2, 0.25) is 0 Å². The number of aromatic nitrogens is 1. The number of hydrogen-bond acceptors (Lipinski definition) is 2. The number of fused-ring (bicyclic) bond motifs is 1. The van der Waals surface area contributed by atoms with Crippen molar-refractivity contribution in [1.29, 1.82) is 0 Å². The molecular weight excluding hydrogens is 303 g/mol. The molecule has 1 aromatic heterocycles. The molecule has 0 saturated carbocycles. The van der Waals surface area contributed by atoms with Crippen molar-refractivity contribution in [2.75, 3.05) is 5.32 Å². The van der Waals surface area contributed by atoms with Crippen LogP contribution in [0.25, 0.3) is 10.9 Å². The normalized spacial score (nSPS) is 10.7. The summed E-state index contributed by atoms with van der Waals surface area (Å²) in [6.07, 6.45) is 0. The zero-order chi connectivity index (χ0) is 15.7. The maximum absolute atomic E-state index is 13.1. The van der Waals surface area contributed by atoms with Crippen molar-refractivity contribution in [2.24, 2.45) is 0 Å². The molecule has 0 aliphatic heterocycles. The zero-order valence-corrected chi connectivity index (χ0v) is 12.5. The number of nitrogens with one attached hydrogen (secondary N) is 1. The van der Waals surface area contributed by atoms with E-state index in [0.717, 1.165) is 22.7 Å². The molecule has 0 saturated heterocycles.